The molecule has 0 atom stereocenters. The summed E-state index contributed by atoms with van der Waals surface area (Å²) in [4.78, 5) is 0. The zero-order valence-corrected chi connectivity index (χ0v) is 11.0. The molecule has 0 spiro atoms. The lowest BCUT2D eigenvalue weighted by molar-refractivity contribution is 0.340. The Morgan fingerprint density at radius 3 is 2.62 bits per heavy atom. The van der Waals surface area contributed by atoms with Gasteiger partial charge in [0.2, 0.25) is 0 Å². The molecule has 0 aliphatic heterocycles. The van der Waals surface area contributed by atoms with Crippen molar-refractivity contribution in [1.82, 2.24) is 5.32 Å². The van der Waals surface area contributed by atoms with Crippen molar-refractivity contribution >= 4 is 11.8 Å². The molecule has 1 aromatic rings. The molecule has 0 heterocycles. The highest BCUT2D eigenvalue weighted by atomic mass is 32.2. The van der Waals surface area contributed by atoms with E-state index in [1.165, 1.54) is 17.7 Å². The standard InChI is InChI=1S/C13H21NOS/c1-3-15-13-7-5-12(6-8-13)11-14-9-4-10-16-2/h5-8,14H,3-4,9-11H2,1-2H3. The predicted octanol–water partition coefficient (Wildman–Crippen LogP) is 2.93. The van der Waals surface area contributed by atoms with Gasteiger partial charge in [0.25, 0.3) is 0 Å². The second-order valence-electron chi connectivity index (χ2n) is 3.60. The lowest BCUT2D eigenvalue weighted by atomic mass is 10.2. The average molecular weight is 239 g/mol. The van der Waals surface area contributed by atoms with E-state index in [4.69, 9.17) is 4.74 Å². The number of thioether (sulfide) groups is 1. The molecule has 3 heteroatoms. The summed E-state index contributed by atoms with van der Waals surface area (Å²) >= 11 is 1.90. The van der Waals surface area contributed by atoms with Crippen molar-refractivity contribution in [3.05, 3.63) is 29.8 Å². The van der Waals surface area contributed by atoms with Crippen molar-refractivity contribution in [1.29, 1.82) is 0 Å². The van der Waals surface area contributed by atoms with Crippen molar-refractivity contribution < 1.29 is 4.74 Å². The smallest absolute Gasteiger partial charge is 0.119 e. The third kappa shape index (κ3) is 5.42. The molecule has 1 rings (SSSR count). The van der Waals surface area contributed by atoms with E-state index < -0.39 is 0 Å². The van der Waals surface area contributed by atoms with Crippen LogP contribution in [-0.2, 0) is 6.54 Å². The van der Waals surface area contributed by atoms with E-state index in [2.05, 4.69) is 23.7 Å². The molecule has 0 fully saturated rings. The number of rotatable bonds is 8. The molecule has 0 aromatic heterocycles. The quantitative estimate of drug-likeness (QED) is 0.705. The first-order chi connectivity index (χ1) is 7.86. The molecule has 1 aromatic carbocycles. The van der Waals surface area contributed by atoms with Crippen LogP contribution in [0.5, 0.6) is 5.75 Å². The van der Waals surface area contributed by atoms with Gasteiger partial charge in [-0.1, -0.05) is 12.1 Å². The summed E-state index contributed by atoms with van der Waals surface area (Å²) in [5, 5.41) is 3.43. The minimum absolute atomic E-state index is 0.728. The molecule has 0 bridgehead atoms. The zero-order valence-electron chi connectivity index (χ0n) is 10.2. The fourth-order valence-corrected chi connectivity index (χ4v) is 1.88. The average Bonchev–Trinajstić information content (AvgIpc) is 2.31. The van der Waals surface area contributed by atoms with Gasteiger partial charge < -0.3 is 10.1 Å². The third-order valence-electron chi connectivity index (χ3n) is 2.27. The van der Waals surface area contributed by atoms with Crippen LogP contribution in [0.4, 0.5) is 0 Å². The fourth-order valence-electron chi connectivity index (χ4n) is 1.44. The van der Waals surface area contributed by atoms with Crippen LogP contribution in [-0.4, -0.2) is 25.2 Å². The summed E-state index contributed by atoms with van der Waals surface area (Å²) in [5.41, 5.74) is 1.31. The molecule has 0 aliphatic rings. The van der Waals surface area contributed by atoms with Gasteiger partial charge in [-0.25, -0.2) is 0 Å². The Morgan fingerprint density at radius 2 is 2.00 bits per heavy atom. The van der Waals surface area contributed by atoms with Crippen molar-refractivity contribution in [2.45, 2.75) is 19.9 Å². The highest BCUT2D eigenvalue weighted by Gasteiger charge is 1.94. The monoisotopic (exact) mass is 239 g/mol. The van der Waals surface area contributed by atoms with E-state index in [9.17, 15) is 0 Å². The SMILES string of the molecule is CCOc1ccc(CNCCCSC)cc1. The maximum Gasteiger partial charge on any atom is 0.119 e. The zero-order chi connectivity index (χ0) is 11.6. The Hall–Kier alpha value is -0.670. The predicted molar refractivity (Wildman–Crippen MR) is 72.3 cm³/mol. The molecule has 0 saturated heterocycles. The van der Waals surface area contributed by atoms with Gasteiger partial charge in [-0.2, -0.15) is 11.8 Å². The number of benzene rings is 1. The van der Waals surface area contributed by atoms with Gasteiger partial charge >= 0.3 is 0 Å². The Bertz CT molecular complexity index is 274. The fraction of sp³-hybridized carbons (Fsp3) is 0.538. The van der Waals surface area contributed by atoms with Gasteiger partial charge in [0.1, 0.15) is 5.75 Å². The van der Waals surface area contributed by atoms with Crippen LogP contribution in [0, 0.1) is 0 Å². The Morgan fingerprint density at radius 1 is 1.25 bits per heavy atom. The third-order valence-corrected chi connectivity index (χ3v) is 2.96. The first kappa shape index (κ1) is 13.4. The van der Waals surface area contributed by atoms with E-state index in [1.54, 1.807) is 0 Å². The second kappa shape index (κ2) is 8.48. The maximum atomic E-state index is 5.40. The van der Waals surface area contributed by atoms with Crippen LogP contribution in [0.25, 0.3) is 0 Å². The van der Waals surface area contributed by atoms with Crippen molar-refractivity contribution in [3.63, 3.8) is 0 Å². The molecular weight excluding hydrogens is 218 g/mol. The molecule has 0 amide bonds. The molecule has 0 radical (unpaired) electrons. The molecule has 2 nitrogen and oxygen atoms in total. The minimum atomic E-state index is 0.728. The van der Waals surface area contributed by atoms with Crippen LogP contribution in [0.3, 0.4) is 0 Å². The minimum Gasteiger partial charge on any atom is -0.494 e. The summed E-state index contributed by atoms with van der Waals surface area (Å²) in [7, 11) is 0. The number of ether oxygens (including phenoxy) is 1. The van der Waals surface area contributed by atoms with E-state index in [1.807, 2.05) is 30.8 Å². The summed E-state index contributed by atoms with van der Waals surface area (Å²) < 4.78 is 5.40. The van der Waals surface area contributed by atoms with E-state index in [0.717, 1.165) is 25.4 Å². The van der Waals surface area contributed by atoms with Crippen molar-refractivity contribution in [2.24, 2.45) is 0 Å². The lowest BCUT2D eigenvalue weighted by Crippen LogP contribution is -2.15. The van der Waals surface area contributed by atoms with E-state index in [0.29, 0.717) is 0 Å². The lowest BCUT2D eigenvalue weighted by Gasteiger charge is -2.06. The van der Waals surface area contributed by atoms with E-state index >= 15 is 0 Å². The maximum absolute atomic E-state index is 5.40. The molecule has 90 valence electrons. The van der Waals surface area contributed by atoms with Crippen LogP contribution in [0.1, 0.15) is 18.9 Å². The van der Waals surface area contributed by atoms with Crippen LogP contribution in [0.2, 0.25) is 0 Å². The van der Waals surface area contributed by atoms with Gasteiger partial charge in [0.15, 0.2) is 0 Å². The van der Waals surface area contributed by atoms with Gasteiger partial charge in [-0.15, -0.1) is 0 Å². The number of nitrogens with one attached hydrogen (secondary N) is 1. The van der Waals surface area contributed by atoms with Crippen LogP contribution >= 0.6 is 11.8 Å². The summed E-state index contributed by atoms with van der Waals surface area (Å²) in [6.07, 6.45) is 3.38. The second-order valence-corrected chi connectivity index (χ2v) is 4.59. The highest BCUT2D eigenvalue weighted by Crippen LogP contribution is 2.11. The van der Waals surface area contributed by atoms with Crippen LogP contribution in [0.15, 0.2) is 24.3 Å². The first-order valence-electron chi connectivity index (χ1n) is 5.78. The van der Waals surface area contributed by atoms with Crippen molar-refractivity contribution in [2.75, 3.05) is 25.2 Å². The topological polar surface area (TPSA) is 21.3 Å². The van der Waals surface area contributed by atoms with E-state index in [-0.39, 0.29) is 0 Å². The Labute approximate surface area is 103 Å². The summed E-state index contributed by atoms with van der Waals surface area (Å²) in [6, 6.07) is 8.30. The van der Waals surface area contributed by atoms with Gasteiger partial charge in [0, 0.05) is 6.54 Å². The molecule has 0 saturated carbocycles. The van der Waals surface area contributed by atoms with Gasteiger partial charge in [0.05, 0.1) is 6.61 Å². The molecule has 16 heavy (non-hydrogen) atoms. The van der Waals surface area contributed by atoms with Crippen LogP contribution < -0.4 is 10.1 Å². The Kier molecular flexibility index (Phi) is 7.10. The normalized spacial score (nSPS) is 10.4. The first-order valence-corrected chi connectivity index (χ1v) is 7.17. The highest BCUT2D eigenvalue weighted by molar-refractivity contribution is 7.98. The molecule has 1 N–H and O–H groups in total. The number of hydrogen-bond donors (Lipinski definition) is 1. The Balaban J connectivity index is 2.21. The summed E-state index contributed by atoms with van der Waals surface area (Å²) in [5.74, 6) is 2.18. The summed E-state index contributed by atoms with van der Waals surface area (Å²) in [6.45, 7) is 4.77. The van der Waals surface area contributed by atoms with Crippen molar-refractivity contribution in [3.8, 4) is 5.75 Å². The van der Waals surface area contributed by atoms with Gasteiger partial charge in [-0.3, -0.25) is 0 Å². The number of hydrogen-bond acceptors (Lipinski definition) is 3. The van der Waals surface area contributed by atoms with Gasteiger partial charge in [-0.05, 0) is 49.6 Å². The molecule has 0 aliphatic carbocycles. The molecular formula is C13H21NOS. The largest absolute Gasteiger partial charge is 0.494 e. The molecule has 0 unspecified atom stereocenters.